The van der Waals surface area contributed by atoms with Gasteiger partial charge in [-0.3, -0.25) is 0 Å². The van der Waals surface area contributed by atoms with Gasteiger partial charge in [0.2, 0.25) is 0 Å². The van der Waals surface area contributed by atoms with Crippen molar-refractivity contribution in [3.63, 3.8) is 0 Å². The number of allylic oxidation sites excluding steroid dienone is 1. The van der Waals surface area contributed by atoms with E-state index in [0.29, 0.717) is 0 Å². The van der Waals surface area contributed by atoms with Crippen LogP contribution in [-0.2, 0) is 0 Å². The minimum Gasteiger partial charge on any atom is -0.246 e. The quantitative estimate of drug-likeness (QED) is 0.481. The maximum atomic E-state index is 4.18. The standard InChI is InChI=1S/C8H10N2/c1-6-8-4-7(8)2-3-9-5-10-6/h2-3,5,7-8H,4H2,1H3/b3-2+,9-5?,10-6?. The lowest BCUT2D eigenvalue weighted by atomic mass is 10.2. The van der Waals surface area contributed by atoms with Crippen molar-refractivity contribution in [2.45, 2.75) is 13.3 Å². The van der Waals surface area contributed by atoms with Crippen molar-refractivity contribution in [1.29, 1.82) is 0 Å². The second kappa shape index (κ2) is 2.04. The summed E-state index contributed by atoms with van der Waals surface area (Å²) in [4.78, 5) is 8.15. The van der Waals surface area contributed by atoms with Crippen molar-refractivity contribution in [2.75, 3.05) is 0 Å². The second-order valence-electron chi connectivity index (χ2n) is 2.88. The number of rotatable bonds is 0. The minimum absolute atomic E-state index is 0.725. The van der Waals surface area contributed by atoms with Crippen LogP contribution in [0.5, 0.6) is 0 Å². The Morgan fingerprint density at radius 1 is 1.60 bits per heavy atom. The first-order chi connectivity index (χ1) is 4.88. The number of hydrogen-bond acceptors (Lipinski definition) is 2. The number of aliphatic imine (C=N–C) groups is 2. The summed E-state index contributed by atoms with van der Waals surface area (Å²) in [6, 6.07) is 0. The minimum atomic E-state index is 0.725. The molecule has 0 radical (unpaired) electrons. The Morgan fingerprint density at radius 2 is 2.50 bits per heavy atom. The molecular formula is C8H10N2. The van der Waals surface area contributed by atoms with Crippen molar-refractivity contribution in [2.24, 2.45) is 21.8 Å². The van der Waals surface area contributed by atoms with Crippen LogP contribution in [0.15, 0.2) is 22.3 Å². The molecule has 52 valence electrons. The lowest BCUT2D eigenvalue weighted by Crippen LogP contribution is -1.97. The highest BCUT2D eigenvalue weighted by atomic mass is 14.9. The highest BCUT2D eigenvalue weighted by molar-refractivity contribution is 5.93. The summed E-state index contributed by atoms with van der Waals surface area (Å²) in [5.74, 6) is 1.46. The van der Waals surface area contributed by atoms with E-state index in [-0.39, 0.29) is 0 Å². The van der Waals surface area contributed by atoms with Crippen LogP contribution >= 0.6 is 0 Å². The molecule has 0 spiro atoms. The van der Waals surface area contributed by atoms with Gasteiger partial charge in [-0.1, -0.05) is 6.08 Å². The Morgan fingerprint density at radius 3 is 3.40 bits per heavy atom. The van der Waals surface area contributed by atoms with E-state index in [2.05, 4.69) is 23.0 Å². The Bertz CT molecular complexity index is 225. The second-order valence-corrected chi connectivity index (χ2v) is 2.88. The summed E-state index contributed by atoms with van der Waals surface area (Å²) in [5.41, 5.74) is 1.23. The van der Waals surface area contributed by atoms with Gasteiger partial charge in [-0.25, -0.2) is 9.98 Å². The van der Waals surface area contributed by atoms with Crippen LogP contribution in [0.2, 0.25) is 0 Å². The maximum Gasteiger partial charge on any atom is 0.115 e. The normalized spacial score (nSPS) is 39.1. The van der Waals surface area contributed by atoms with Gasteiger partial charge in [-0.2, -0.15) is 0 Å². The summed E-state index contributed by atoms with van der Waals surface area (Å²) in [7, 11) is 0. The zero-order chi connectivity index (χ0) is 6.97. The Kier molecular flexibility index (Phi) is 1.19. The molecule has 0 amide bonds. The van der Waals surface area contributed by atoms with Gasteiger partial charge in [0.25, 0.3) is 0 Å². The fourth-order valence-electron chi connectivity index (χ4n) is 1.33. The van der Waals surface area contributed by atoms with Crippen molar-refractivity contribution in [3.05, 3.63) is 12.3 Å². The van der Waals surface area contributed by atoms with Gasteiger partial charge in [0.15, 0.2) is 0 Å². The fraction of sp³-hybridized carbons (Fsp3) is 0.500. The molecule has 1 saturated carbocycles. The van der Waals surface area contributed by atoms with Crippen LogP contribution in [0.4, 0.5) is 0 Å². The molecule has 10 heavy (non-hydrogen) atoms. The van der Waals surface area contributed by atoms with Crippen molar-refractivity contribution < 1.29 is 0 Å². The largest absolute Gasteiger partial charge is 0.246 e. The van der Waals surface area contributed by atoms with Crippen LogP contribution in [-0.4, -0.2) is 12.1 Å². The number of nitrogens with zero attached hydrogens (tertiary/aromatic N) is 2. The topological polar surface area (TPSA) is 24.7 Å². The molecule has 2 nitrogen and oxygen atoms in total. The molecule has 0 aromatic heterocycles. The molecule has 2 heteroatoms. The van der Waals surface area contributed by atoms with Gasteiger partial charge in [0.05, 0.1) is 0 Å². The van der Waals surface area contributed by atoms with Gasteiger partial charge in [-0.15, -0.1) is 0 Å². The van der Waals surface area contributed by atoms with E-state index in [4.69, 9.17) is 0 Å². The number of hydrogen-bond donors (Lipinski definition) is 0. The molecule has 0 N–H and O–H groups in total. The Labute approximate surface area is 60.4 Å². The van der Waals surface area contributed by atoms with Crippen LogP contribution < -0.4 is 0 Å². The molecule has 1 heterocycles. The van der Waals surface area contributed by atoms with Crippen LogP contribution in [0, 0.1) is 11.8 Å². The third-order valence-corrected chi connectivity index (χ3v) is 2.12. The van der Waals surface area contributed by atoms with E-state index in [1.54, 1.807) is 6.34 Å². The van der Waals surface area contributed by atoms with E-state index in [9.17, 15) is 0 Å². The van der Waals surface area contributed by atoms with Crippen LogP contribution in [0.3, 0.4) is 0 Å². The van der Waals surface area contributed by atoms with Gasteiger partial charge in [-0.05, 0) is 19.3 Å². The van der Waals surface area contributed by atoms with E-state index in [1.165, 1.54) is 12.1 Å². The highest BCUT2D eigenvalue weighted by Gasteiger charge is 2.37. The summed E-state index contributed by atoms with van der Waals surface area (Å²) < 4.78 is 0. The summed E-state index contributed by atoms with van der Waals surface area (Å²) in [6.45, 7) is 2.08. The van der Waals surface area contributed by atoms with Crippen LogP contribution in [0.1, 0.15) is 13.3 Å². The zero-order valence-corrected chi connectivity index (χ0v) is 5.99. The van der Waals surface area contributed by atoms with Crippen molar-refractivity contribution >= 4 is 12.1 Å². The van der Waals surface area contributed by atoms with E-state index in [0.717, 1.165) is 11.8 Å². The molecule has 1 aliphatic heterocycles. The molecule has 0 aromatic carbocycles. The summed E-state index contributed by atoms with van der Waals surface area (Å²) in [5, 5.41) is 0. The highest BCUT2D eigenvalue weighted by Crippen LogP contribution is 2.40. The summed E-state index contributed by atoms with van der Waals surface area (Å²) in [6.07, 6.45) is 6.91. The third-order valence-electron chi connectivity index (χ3n) is 2.12. The molecule has 2 aliphatic rings. The SMILES string of the molecule is CC1=NC=N/C=C/C2CC12. The smallest absolute Gasteiger partial charge is 0.115 e. The van der Waals surface area contributed by atoms with Gasteiger partial charge < -0.3 is 0 Å². The van der Waals surface area contributed by atoms with Crippen molar-refractivity contribution in [3.8, 4) is 0 Å². The first kappa shape index (κ1) is 5.83. The maximum absolute atomic E-state index is 4.18. The van der Waals surface area contributed by atoms with E-state index >= 15 is 0 Å². The lowest BCUT2D eigenvalue weighted by molar-refractivity contribution is 1.02. The molecule has 0 saturated heterocycles. The molecule has 1 aliphatic carbocycles. The fourth-order valence-corrected chi connectivity index (χ4v) is 1.33. The average molecular weight is 134 g/mol. The van der Waals surface area contributed by atoms with Gasteiger partial charge >= 0.3 is 0 Å². The summed E-state index contributed by atoms with van der Waals surface area (Å²) >= 11 is 0. The van der Waals surface area contributed by atoms with E-state index in [1.807, 2.05) is 6.20 Å². The molecular weight excluding hydrogens is 124 g/mol. The number of fused-ring (bicyclic) bond motifs is 1. The average Bonchev–Trinajstić information content (AvgIpc) is 2.62. The van der Waals surface area contributed by atoms with Gasteiger partial charge in [0.1, 0.15) is 6.34 Å². The monoisotopic (exact) mass is 134 g/mol. The van der Waals surface area contributed by atoms with Crippen molar-refractivity contribution in [1.82, 2.24) is 0 Å². The van der Waals surface area contributed by atoms with Gasteiger partial charge in [0, 0.05) is 17.8 Å². The molecule has 2 rings (SSSR count). The Balaban J connectivity index is 2.25. The molecule has 1 fully saturated rings. The Hall–Kier alpha value is -0.920. The predicted octanol–water partition coefficient (Wildman–Crippen LogP) is 1.64. The first-order valence-electron chi connectivity index (χ1n) is 3.60. The molecule has 2 unspecified atom stereocenters. The lowest BCUT2D eigenvalue weighted by Gasteiger charge is -1.94. The third kappa shape index (κ3) is 0.897. The zero-order valence-electron chi connectivity index (χ0n) is 5.99. The molecule has 0 aromatic rings. The predicted molar refractivity (Wildman–Crippen MR) is 42.3 cm³/mol. The van der Waals surface area contributed by atoms with E-state index < -0.39 is 0 Å². The van der Waals surface area contributed by atoms with Crippen LogP contribution in [0.25, 0.3) is 0 Å². The molecule has 2 atom stereocenters. The first-order valence-corrected chi connectivity index (χ1v) is 3.60. The molecule has 0 bridgehead atoms.